The Morgan fingerprint density at radius 3 is 2.67 bits per heavy atom. The van der Waals surface area contributed by atoms with Gasteiger partial charge >= 0.3 is 0 Å². The lowest BCUT2D eigenvalue weighted by atomic mass is 10.2. The summed E-state index contributed by atoms with van der Waals surface area (Å²) in [4.78, 5) is 31.9. The molecule has 142 valence electrons. The van der Waals surface area contributed by atoms with Crippen molar-refractivity contribution in [3.05, 3.63) is 54.2 Å². The minimum atomic E-state index is -0.166. The molecule has 2 amide bonds. The zero-order chi connectivity index (χ0) is 19.6. The highest BCUT2D eigenvalue weighted by atomic mass is 35.5. The summed E-state index contributed by atoms with van der Waals surface area (Å²) in [5.74, 6) is 0.838. The molecule has 2 aromatic rings. The SMILES string of the molecule is C=CC(=O)N1CCOCC1.CC(=O)Nc1ccnc(-c2cccc(Cl)c2)n1. The van der Waals surface area contributed by atoms with E-state index in [9.17, 15) is 9.59 Å². The summed E-state index contributed by atoms with van der Waals surface area (Å²) in [5.41, 5.74) is 0.810. The zero-order valence-corrected chi connectivity index (χ0v) is 15.8. The van der Waals surface area contributed by atoms with E-state index in [2.05, 4.69) is 21.9 Å². The number of hydrogen-bond donors (Lipinski definition) is 1. The largest absolute Gasteiger partial charge is 0.378 e. The van der Waals surface area contributed by atoms with Crippen LogP contribution in [0.3, 0.4) is 0 Å². The van der Waals surface area contributed by atoms with Crippen LogP contribution in [0.2, 0.25) is 5.02 Å². The van der Waals surface area contributed by atoms with Gasteiger partial charge < -0.3 is 15.0 Å². The lowest BCUT2D eigenvalue weighted by molar-refractivity contribution is -0.129. The van der Waals surface area contributed by atoms with Crippen molar-refractivity contribution < 1.29 is 14.3 Å². The van der Waals surface area contributed by atoms with Crippen molar-refractivity contribution in [3.8, 4) is 11.4 Å². The molecule has 0 aliphatic carbocycles. The van der Waals surface area contributed by atoms with Crippen LogP contribution in [0, 0.1) is 0 Å². The minimum absolute atomic E-state index is 0.00306. The summed E-state index contributed by atoms with van der Waals surface area (Å²) in [6.45, 7) is 7.54. The van der Waals surface area contributed by atoms with Crippen molar-refractivity contribution in [2.24, 2.45) is 0 Å². The van der Waals surface area contributed by atoms with E-state index in [4.69, 9.17) is 16.3 Å². The van der Waals surface area contributed by atoms with Crippen molar-refractivity contribution in [2.75, 3.05) is 31.6 Å². The van der Waals surface area contributed by atoms with Gasteiger partial charge in [0.1, 0.15) is 5.82 Å². The molecule has 0 radical (unpaired) electrons. The number of ether oxygens (including phenoxy) is 1. The number of carbonyl (C=O) groups is 2. The number of amides is 2. The number of halogens is 1. The van der Waals surface area contributed by atoms with Crippen LogP contribution in [0.4, 0.5) is 5.82 Å². The molecule has 1 aromatic heterocycles. The van der Waals surface area contributed by atoms with E-state index in [0.717, 1.165) is 5.56 Å². The van der Waals surface area contributed by atoms with Crippen LogP contribution >= 0.6 is 11.6 Å². The monoisotopic (exact) mass is 388 g/mol. The number of aromatic nitrogens is 2. The van der Waals surface area contributed by atoms with E-state index in [1.807, 2.05) is 12.1 Å². The fraction of sp³-hybridized carbons (Fsp3) is 0.263. The molecule has 0 saturated carbocycles. The predicted octanol–water partition coefficient (Wildman–Crippen LogP) is 2.79. The fourth-order valence-corrected chi connectivity index (χ4v) is 2.48. The molecule has 7 nitrogen and oxygen atoms in total. The lowest BCUT2D eigenvalue weighted by Gasteiger charge is -2.25. The number of morpholine rings is 1. The first-order valence-electron chi connectivity index (χ1n) is 8.35. The van der Waals surface area contributed by atoms with Crippen molar-refractivity contribution in [2.45, 2.75) is 6.92 Å². The van der Waals surface area contributed by atoms with Gasteiger partial charge in [0.05, 0.1) is 13.2 Å². The first-order chi connectivity index (χ1) is 13.0. The van der Waals surface area contributed by atoms with Gasteiger partial charge in [-0.25, -0.2) is 9.97 Å². The highest BCUT2D eigenvalue weighted by Crippen LogP contribution is 2.20. The van der Waals surface area contributed by atoms with Crippen LogP contribution in [-0.4, -0.2) is 53.0 Å². The molecule has 2 heterocycles. The molecule has 1 aliphatic heterocycles. The molecule has 1 N–H and O–H groups in total. The molecule has 0 bridgehead atoms. The number of anilines is 1. The number of rotatable bonds is 3. The lowest BCUT2D eigenvalue weighted by Crippen LogP contribution is -2.39. The Morgan fingerprint density at radius 1 is 1.30 bits per heavy atom. The quantitative estimate of drug-likeness (QED) is 0.817. The Kier molecular flexibility index (Phi) is 7.91. The topological polar surface area (TPSA) is 84.4 Å². The van der Waals surface area contributed by atoms with E-state index in [-0.39, 0.29) is 11.8 Å². The Labute approximate surface area is 163 Å². The third-order valence-electron chi connectivity index (χ3n) is 3.54. The van der Waals surface area contributed by atoms with Crippen molar-refractivity contribution in [1.82, 2.24) is 14.9 Å². The highest BCUT2D eigenvalue weighted by molar-refractivity contribution is 6.30. The van der Waals surface area contributed by atoms with Gasteiger partial charge in [-0.15, -0.1) is 0 Å². The van der Waals surface area contributed by atoms with Crippen LogP contribution in [0.25, 0.3) is 11.4 Å². The normalized spacial score (nSPS) is 13.2. The molecule has 0 spiro atoms. The van der Waals surface area contributed by atoms with Crippen LogP contribution in [0.1, 0.15) is 6.92 Å². The molecule has 1 saturated heterocycles. The van der Waals surface area contributed by atoms with Crippen LogP contribution in [-0.2, 0) is 14.3 Å². The molecule has 1 aliphatic rings. The summed E-state index contributed by atoms with van der Waals surface area (Å²) in [6.07, 6.45) is 2.93. The van der Waals surface area contributed by atoms with Crippen LogP contribution in [0.15, 0.2) is 49.2 Å². The Balaban J connectivity index is 0.000000223. The second-order valence-corrected chi connectivity index (χ2v) is 6.04. The second-order valence-electron chi connectivity index (χ2n) is 5.60. The molecule has 1 fully saturated rings. The predicted molar refractivity (Wildman–Crippen MR) is 104 cm³/mol. The van der Waals surface area contributed by atoms with Gasteiger partial charge in [0.25, 0.3) is 0 Å². The van der Waals surface area contributed by atoms with Crippen LogP contribution < -0.4 is 5.32 Å². The van der Waals surface area contributed by atoms with Crippen molar-refractivity contribution in [1.29, 1.82) is 0 Å². The molecule has 8 heteroatoms. The van der Waals surface area contributed by atoms with Crippen molar-refractivity contribution in [3.63, 3.8) is 0 Å². The van der Waals surface area contributed by atoms with Gasteiger partial charge in [0.15, 0.2) is 5.82 Å². The zero-order valence-electron chi connectivity index (χ0n) is 15.0. The molecule has 1 aromatic carbocycles. The number of nitrogens with zero attached hydrogens (tertiary/aromatic N) is 3. The molecular formula is C19H21ClN4O3. The third kappa shape index (κ3) is 6.80. The summed E-state index contributed by atoms with van der Waals surface area (Å²) < 4.78 is 5.07. The van der Waals surface area contributed by atoms with Gasteiger partial charge in [-0.05, 0) is 24.3 Å². The maximum atomic E-state index is 10.9. The van der Waals surface area contributed by atoms with E-state index < -0.39 is 0 Å². The van der Waals surface area contributed by atoms with Crippen molar-refractivity contribution >= 4 is 29.2 Å². The maximum absolute atomic E-state index is 10.9. The Bertz CT molecular complexity index is 807. The maximum Gasteiger partial charge on any atom is 0.246 e. The highest BCUT2D eigenvalue weighted by Gasteiger charge is 2.12. The molecule has 3 rings (SSSR count). The van der Waals surface area contributed by atoms with Gasteiger partial charge in [0.2, 0.25) is 11.8 Å². The van der Waals surface area contributed by atoms with E-state index in [1.165, 1.54) is 13.0 Å². The number of benzene rings is 1. The summed E-state index contributed by atoms with van der Waals surface area (Å²) in [6, 6.07) is 8.87. The molecular weight excluding hydrogens is 368 g/mol. The minimum Gasteiger partial charge on any atom is -0.378 e. The Hall–Kier alpha value is -2.77. The average Bonchev–Trinajstić information content (AvgIpc) is 2.68. The van der Waals surface area contributed by atoms with E-state index in [0.29, 0.717) is 43.0 Å². The fourth-order valence-electron chi connectivity index (χ4n) is 2.29. The molecule has 0 unspecified atom stereocenters. The molecule has 0 atom stereocenters. The standard InChI is InChI=1S/C12H10ClN3O.C7H11NO2/c1-8(17)15-11-5-6-14-12(16-11)9-3-2-4-10(13)7-9;1-2-7(9)8-3-5-10-6-4-8/h2-7H,1H3,(H,14,15,16,17);2H,1,3-6H2. The molecule has 27 heavy (non-hydrogen) atoms. The number of carbonyl (C=O) groups excluding carboxylic acids is 2. The smallest absolute Gasteiger partial charge is 0.246 e. The van der Waals surface area contributed by atoms with Gasteiger partial charge in [0, 0.05) is 36.8 Å². The Morgan fingerprint density at radius 2 is 2.04 bits per heavy atom. The van der Waals surface area contributed by atoms with Gasteiger partial charge in [-0.3, -0.25) is 9.59 Å². The number of hydrogen-bond acceptors (Lipinski definition) is 5. The third-order valence-corrected chi connectivity index (χ3v) is 3.77. The van der Waals surface area contributed by atoms with Gasteiger partial charge in [-0.2, -0.15) is 0 Å². The summed E-state index contributed by atoms with van der Waals surface area (Å²) in [5, 5.41) is 3.23. The van der Waals surface area contributed by atoms with Crippen LogP contribution in [0.5, 0.6) is 0 Å². The van der Waals surface area contributed by atoms with E-state index >= 15 is 0 Å². The number of nitrogens with one attached hydrogen (secondary N) is 1. The van der Waals surface area contributed by atoms with E-state index in [1.54, 1.807) is 29.3 Å². The second kappa shape index (κ2) is 10.4. The first-order valence-corrected chi connectivity index (χ1v) is 8.73. The van der Waals surface area contributed by atoms with Gasteiger partial charge in [-0.1, -0.05) is 30.3 Å². The summed E-state index contributed by atoms with van der Waals surface area (Å²) in [7, 11) is 0. The first kappa shape index (κ1) is 20.5. The average molecular weight is 389 g/mol. The summed E-state index contributed by atoms with van der Waals surface area (Å²) >= 11 is 5.89.